The van der Waals surface area contributed by atoms with Gasteiger partial charge in [0.05, 0.1) is 10.6 Å². The van der Waals surface area contributed by atoms with E-state index in [9.17, 15) is 4.79 Å². The zero-order valence-corrected chi connectivity index (χ0v) is 11.7. The fraction of sp³-hybridized carbons (Fsp3) is 0.538. The van der Waals surface area contributed by atoms with Crippen molar-refractivity contribution in [2.45, 2.75) is 39.5 Å². The van der Waals surface area contributed by atoms with E-state index in [0.29, 0.717) is 22.5 Å². The molecular formula is C13H19N3OS. The minimum atomic E-state index is -0.00407. The van der Waals surface area contributed by atoms with Gasteiger partial charge in [0.25, 0.3) is 0 Å². The summed E-state index contributed by atoms with van der Waals surface area (Å²) in [6.07, 6.45) is 3.76. The molecule has 0 bridgehead atoms. The Morgan fingerprint density at radius 3 is 2.72 bits per heavy atom. The van der Waals surface area contributed by atoms with E-state index < -0.39 is 0 Å². The van der Waals surface area contributed by atoms with Crippen LogP contribution in [0.15, 0.2) is 0 Å². The van der Waals surface area contributed by atoms with E-state index in [2.05, 4.69) is 18.3 Å². The number of hydrogen-bond acceptors (Lipinski definition) is 5. The van der Waals surface area contributed by atoms with Gasteiger partial charge in [0, 0.05) is 13.0 Å². The SMILES string of the molecule is CCCCCNc1sc(C(=O)CC)c(N)c1C#N. The number of nitrogens with zero attached hydrogens (tertiary/aromatic N) is 1. The standard InChI is InChI=1S/C13H19N3OS/c1-3-5-6-7-16-13-9(8-14)11(15)12(18-13)10(17)4-2/h16H,3-7,15H2,1-2H3. The molecule has 0 aliphatic heterocycles. The van der Waals surface area contributed by atoms with Gasteiger partial charge in [-0.15, -0.1) is 11.3 Å². The highest BCUT2D eigenvalue weighted by Gasteiger charge is 2.19. The topological polar surface area (TPSA) is 78.9 Å². The maximum Gasteiger partial charge on any atom is 0.174 e. The number of nitrogen functional groups attached to an aromatic ring is 1. The number of nitrogens with one attached hydrogen (secondary N) is 1. The lowest BCUT2D eigenvalue weighted by Gasteiger charge is -2.02. The average molecular weight is 265 g/mol. The van der Waals surface area contributed by atoms with Crippen molar-refractivity contribution in [2.75, 3.05) is 17.6 Å². The van der Waals surface area contributed by atoms with Crippen LogP contribution < -0.4 is 11.1 Å². The quantitative estimate of drug-likeness (QED) is 0.585. The normalized spacial score (nSPS) is 10.1. The van der Waals surface area contributed by atoms with Gasteiger partial charge in [0.1, 0.15) is 16.6 Å². The molecule has 18 heavy (non-hydrogen) atoms. The average Bonchev–Trinajstić information content (AvgIpc) is 2.70. The zero-order valence-electron chi connectivity index (χ0n) is 10.9. The Morgan fingerprint density at radius 1 is 1.44 bits per heavy atom. The molecule has 1 aromatic heterocycles. The van der Waals surface area contributed by atoms with Crippen molar-refractivity contribution in [2.24, 2.45) is 0 Å². The molecule has 1 aromatic rings. The van der Waals surface area contributed by atoms with Gasteiger partial charge >= 0.3 is 0 Å². The molecule has 0 amide bonds. The van der Waals surface area contributed by atoms with E-state index in [1.54, 1.807) is 6.92 Å². The molecule has 0 radical (unpaired) electrons. The second kappa shape index (κ2) is 7.02. The lowest BCUT2D eigenvalue weighted by Crippen LogP contribution is -2.01. The summed E-state index contributed by atoms with van der Waals surface area (Å²) in [5.74, 6) is -0.00407. The summed E-state index contributed by atoms with van der Waals surface area (Å²) in [6.45, 7) is 4.74. The Bertz CT molecular complexity index is 460. The third kappa shape index (κ3) is 3.23. The molecule has 0 aliphatic carbocycles. The van der Waals surface area contributed by atoms with Gasteiger partial charge in [-0.2, -0.15) is 5.26 Å². The lowest BCUT2D eigenvalue weighted by molar-refractivity contribution is 0.0993. The van der Waals surface area contributed by atoms with E-state index in [0.717, 1.165) is 30.8 Å². The predicted octanol–water partition coefficient (Wildman–Crippen LogP) is 3.40. The van der Waals surface area contributed by atoms with Crippen molar-refractivity contribution >= 4 is 27.8 Å². The van der Waals surface area contributed by atoms with Crippen LogP contribution in [0.4, 0.5) is 10.7 Å². The first-order valence-corrected chi connectivity index (χ1v) is 7.06. The first-order valence-electron chi connectivity index (χ1n) is 6.25. The van der Waals surface area contributed by atoms with Crippen molar-refractivity contribution in [3.8, 4) is 6.07 Å². The number of thiophene rings is 1. The second-order valence-electron chi connectivity index (χ2n) is 4.07. The van der Waals surface area contributed by atoms with E-state index in [4.69, 9.17) is 11.0 Å². The number of carbonyl (C=O) groups excluding carboxylic acids is 1. The van der Waals surface area contributed by atoms with Crippen molar-refractivity contribution in [3.63, 3.8) is 0 Å². The highest BCUT2D eigenvalue weighted by molar-refractivity contribution is 7.19. The number of unbranched alkanes of at least 4 members (excludes halogenated alkanes) is 2. The van der Waals surface area contributed by atoms with Crippen molar-refractivity contribution in [1.82, 2.24) is 0 Å². The van der Waals surface area contributed by atoms with Gasteiger partial charge in [-0.05, 0) is 6.42 Å². The maximum absolute atomic E-state index is 11.7. The summed E-state index contributed by atoms with van der Waals surface area (Å²) in [4.78, 5) is 12.2. The van der Waals surface area contributed by atoms with Gasteiger partial charge in [0.2, 0.25) is 0 Å². The molecule has 0 atom stereocenters. The number of hydrogen-bond donors (Lipinski definition) is 2. The van der Waals surface area contributed by atoms with Gasteiger partial charge in [-0.3, -0.25) is 4.79 Å². The first-order chi connectivity index (χ1) is 8.65. The predicted molar refractivity (Wildman–Crippen MR) is 76.1 cm³/mol. The number of ketones is 1. The van der Waals surface area contributed by atoms with Crippen molar-refractivity contribution < 1.29 is 4.79 Å². The summed E-state index contributed by atoms with van der Waals surface area (Å²) < 4.78 is 0. The minimum Gasteiger partial charge on any atom is -0.396 e. The van der Waals surface area contributed by atoms with Crippen LogP contribution in [-0.2, 0) is 0 Å². The number of anilines is 2. The van der Waals surface area contributed by atoms with Crippen LogP contribution in [0.2, 0.25) is 0 Å². The van der Waals surface area contributed by atoms with Crippen LogP contribution in [0.5, 0.6) is 0 Å². The molecule has 0 aromatic carbocycles. The van der Waals surface area contributed by atoms with Crippen LogP contribution in [0.25, 0.3) is 0 Å². The van der Waals surface area contributed by atoms with E-state index in [-0.39, 0.29) is 5.78 Å². The van der Waals surface area contributed by atoms with Gasteiger partial charge in [-0.1, -0.05) is 26.7 Å². The Morgan fingerprint density at radius 2 is 2.17 bits per heavy atom. The van der Waals surface area contributed by atoms with Crippen LogP contribution >= 0.6 is 11.3 Å². The Hall–Kier alpha value is -1.54. The molecule has 3 N–H and O–H groups in total. The number of nitrogens with two attached hydrogens (primary N) is 1. The number of nitriles is 1. The van der Waals surface area contributed by atoms with Gasteiger partial charge in [-0.25, -0.2) is 0 Å². The summed E-state index contributed by atoms with van der Waals surface area (Å²) in [5.41, 5.74) is 6.59. The fourth-order valence-electron chi connectivity index (χ4n) is 1.62. The molecule has 0 unspecified atom stereocenters. The molecule has 98 valence electrons. The summed E-state index contributed by atoms with van der Waals surface area (Å²) >= 11 is 1.29. The molecule has 1 heterocycles. The Kier molecular flexibility index (Phi) is 5.66. The number of Topliss-reactive ketones (excluding diaryl/α,β-unsaturated/α-hetero) is 1. The highest BCUT2D eigenvalue weighted by atomic mass is 32.1. The fourth-order valence-corrected chi connectivity index (χ4v) is 2.73. The smallest absolute Gasteiger partial charge is 0.174 e. The molecule has 0 saturated heterocycles. The highest BCUT2D eigenvalue weighted by Crippen LogP contribution is 2.35. The molecule has 5 heteroatoms. The van der Waals surface area contributed by atoms with E-state index in [1.807, 2.05) is 0 Å². The van der Waals surface area contributed by atoms with Crippen LogP contribution in [-0.4, -0.2) is 12.3 Å². The molecule has 1 rings (SSSR count). The Labute approximate surface area is 112 Å². The van der Waals surface area contributed by atoms with Crippen LogP contribution in [0.1, 0.15) is 54.8 Å². The van der Waals surface area contributed by atoms with Crippen LogP contribution in [0.3, 0.4) is 0 Å². The van der Waals surface area contributed by atoms with E-state index >= 15 is 0 Å². The summed E-state index contributed by atoms with van der Waals surface area (Å²) in [6, 6.07) is 2.07. The summed E-state index contributed by atoms with van der Waals surface area (Å²) in [7, 11) is 0. The molecule has 0 saturated carbocycles. The Balaban J connectivity index is 2.85. The third-order valence-electron chi connectivity index (χ3n) is 2.70. The van der Waals surface area contributed by atoms with Crippen molar-refractivity contribution in [1.29, 1.82) is 5.26 Å². The largest absolute Gasteiger partial charge is 0.396 e. The van der Waals surface area contributed by atoms with Crippen molar-refractivity contribution in [3.05, 3.63) is 10.4 Å². The molecular weight excluding hydrogens is 246 g/mol. The number of carbonyl (C=O) groups is 1. The van der Waals surface area contributed by atoms with Crippen LogP contribution in [0, 0.1) is 11.3 Å². The third-order valence-corrected chi connectivity index (χ3v) is 3.90. The van der Waals surface area contributed by atoms with E-state index in [1.165, 1.54) is 11.3 Å². The number of rotatable bonds is 7. The monoisotopic (exact) mass is 265 g/mol. The zero-order chi connectivity index (χ0) is 13.5. The second-order valence-corrected chi connectivity index (χ2v) is 5.09. The first kappa shape index (κ1) is 14.5. The van der Waals surface area contributed by atoms with Gasteiger partial charge < -0.3 is 11.1 Å². The maximum atomic E-state index is 11.7. The molecule has 0 spiro atoms. The molecule has 0 fully saturated rings. The molecule has 0 aliphatic rings. The van der Waals surface area contributed by atoms with Gasteiger partial charge in [0.15, 0.2) is 5.78 Å². The lowest BCUT2D eigenvalue weighted by atomic mass is 10.2. The minimum absolute atomic E-state index is 0.00407. The summed E-state index contributed by atoms with van der Waals surface area (Å²) in [5, 5.41) is 13.0. The molecule has 4 nitrogen and oxygen atoms in total.